The van der Waals surface area contributed by atoms with Gasteiger partial charge in [-0.15, -0.1) is 0 Å². The molecule has 7 heteroatoms. The zero-order chi connectivity index (χ0) is 26.6. The number of benzene rings is 2. The molecule has 1 fully saturated rings. The number of aromatic nitrogens is 2. The quantitative estimate of drug-likeness (QED) is 0.365. The highest BCUT2D eigenvalue weighted by Crippen LogP contribution is 2.46. The number of nitrogens with zero attached hydrogens (tertiary/aromatic N) is 4. The zero-order valence-corrected chi connectivity index (χ0v) is 22.5. The normalized spacial score (nSPS) is 21.1. The van der Waals surface area contributed by atoms with Crippen LogP contribution in [0.4, 0.5) is 20.2 Å². The first kappa shape index (κ1) is 25.1. The molecule has 0 radical (unpaired) electrons. The Balaban J connectivity index is 1.47. The average Bonchev–Trinajstić information content (AvgIpc) is 3.54. The highest BCUT2D eigenvalue weighted by atomic mass is 19.3. The van der Waals surface area contributed by atoms with Crippen LogP contribution >= 0.6 is 0 Å². The van der Waals surface area contributed by atoms with Crippen LogP contribution < -0.4 is 4.90 Å². The molecule has 0 spiro atoms. The average molecular weight is 519 g/mol. The SMILES string of the molecule is CC(=O)N1Cc2cc(C3CCC(C)CC3)cc(N3CCCc4cc(-c5cnn(C)c5)c(C(F)F)cc43)c2C1. The third kappa shape index (κ3) is 4.50. The Morgan fingerprint density at radius 3 is 2.50 bits per heavy atom. The van der Waals surface area contributed by atoms with Crippen molar-refractivity contribution in [1.29, 1.82) is 0 Å². The van der Waals surface area contributed by atoms with Crippen molar-refractivity contribution in [2.75, 3.05) is 11.4 Å². The van der Waals surface area contributed by atoms with Crippen molar-refractivity contribution in [2.45, 2.75) is 77.8 Å². The van der Waals surface area contributed by atoms with E-state index in [1.54, 1.807) is 37.1 Å². The van der Waals surface area contributed by atoms with E-state index in [0.717, 1.165) is 47.8 Å². The van der Waals surface area contributed by atoms with E-state index in [9.17, 15) is 13.6 Å². The summed E-state index contributed by atoms with van der Waals surface area (Å²) in [6, 6.07) is 8.30. The van der Waals surface area contributed by atoms with Gasteiger partial charge in [-0.1, -0.05) is 25.8 Å². The molecule has 1 amide bonds. The third-order valence-electron chi connectivity index (χ3n) is 8.90. The van der Waals surface area contributed by atoms with Gasteiger partial charge in [0.25, 0.3) is 6.43 Å². The van der Waals surface area contributed by atoms with Gasteiger partial charge in [-0.3, -0.25) is 9.48 Å². The molecule has 1 aliphatic carbocycles. The molecule has 3 heterocycles. The highest BCUT2D eigenvalue weighted by Gasteiger charge is 2.32. The zero-order valence-electron chi connectivity index (χ0n) is 22.5. The topological polar surface area (TPSA) is 41.4 Å². The highest BCUT2D eigenvalue weighted by molar-refractivity contribution is 5.80. The van der Waals surface area contributed by atoms with Crippen molar-refractivity contribution in [1.82, 2.24) is 14.7 Å². The van der Waals surface area contributed by atoms with E-state index in [1.807, 2.05) is 11.0 Å². The molecular formula is C31H36F2N4O. The number of anilines is 2. The van der Waals surface area contributed by atoms with Crippen LogP contribution in [0.3, 0.4) is 0 Å². The molecule has 3 aromatic rings. The van der Waals surface area contributed by atoms with Crippen LogP contribution in [0.5, 0.6) is 0 Å². The number of rotatable bonds is 4. The second kappa shape index (κ2) is 9.83. The second-order valence-corrected chi connectivity index (χ2v) is 11.5. The van der Waals surface area contributed by atoms with Crippen LogP contribution in [-0.4, -0.2) is 27.1 Å². The summed E-state index contributed by atoms with van der Waals surface area (Å²) in [5, 5.41) is 4.22. The molecule has 0 bridgehead atoms. The summed E-state index contributed by atoms with van der Waals surface area (Å²) >= 11 is 0. The minimum absolute atomic E-state index is 0.0445. The van der Waals surface area contributed by atoms with Crippen molar-refractivity contribution in [3.63, 3.8) is 0 Å². The van der Waals surface area contributed by atoms with Crippen molar-refractivity contribution in [2.24, 2.45) is 13.0 Å². The van der Waals surface area contributed by atoms with Crippen LogP contribution in [0.2, 0.25) is 0 Å². The van der Waals surface area contributed by atoms with E-state index in [1.165, 1.54) is 36.8 Å². The lowest BCUT2D eigenvalue weighted by molar-refractivity contribution is -0.129. The monoisotopic (exact) mass is 518 g/mol. The van der Waals surface area contributed by atoms with E-state index < -0.39 is 6.43 Å². The molecule has 0 saturated heterocycles. The Bertz CT molecular complexity index is 1370. The molecule has 0 N–H and O–H groups in total. The summed E-state index contributed by atoms with van der Waals surface area (Å²) < 4.78 is 30.5. The minimum atomic E-state index is -2.59. The second-order valence-electron chi connectivity index (χ2n) is 11.5. The molecule has 3 aliphatic rings. The number of carbonyl (C=O) groups excluding carboxylic acids is 1. The van der Waals surface area contributed by atoms with Crippen LogP contribution in [0.25, 0.3) is 11.1 Å². The Hall–Kier alpha value is -3.22. The van der Waals surface area contributed by atoms with Crippen LogP contribution in [0.15, 0.2) is 36.7 Å². The van der Waals surface area contributed by atoms with E-state index >= 15 is 0 Å². The van der Waals surface area contributed by atoms with E-state index in [4.69, 9.17) is 0 Å². The van der Waals surface area contributed by atoms with Gasteiger partial charge in [0.2, 0.25) is 5.91 Å². The molecule has 0 atom stereocenters. The number of alkyl halides is 2. The third-order valence-corrected chi connectivity index (χ3v) is 8.90. The molecule has 1 aromatic heterocycles. The predicted molar refractivity (Wildman–Crippen MR) is 146 cm³/mol. The standard InChI is InChI=1S/C31H36F2N4O/c1-19-6-8-21(9-7-19)23-11-24-17-36(20(2)38)18-28(24)30(13-23)37-10-4-5-22-12-26(25-15-34-35(3)16-25)27(31(32)33)14-29(22)37/h11-16,19,21,31H,4-10,17-18H2,1-3H3. The van der Waals surface area contributed by atoms with Gasteiger partial charge in [-0.2, -0.15) is 5.10 Å². The number of hydrogen-bond acceptors (Lipinski definition) is 3. The van der Waals surface area contributed by atoms with Crippen molar-refractivity contribution in [3.8, 4) is 11.1 Å². The van der Waals surface area contributed by atoms with Gasteiger partial charge >= 0.3 is 0 Å². The number of carbonyl (C=O) groups is 1. The fourth-order valence-corrected chi connectivity index (χ4v) is 6.70. The maximum Gasteiger partial charge on any atom is 0.264 e. The van der Waals surface area contributed by atoms with E-state index in [0.29, 0.717) is 30.1 Å². The van der Waals surface area contributed by atoms with Crippen LogP contribution in [0, 0.1) is 5.92 Å². The molecule has 6 rings (SSSR count). The van der Waals surface area contributed by atoms with E-state index in [2.05, 4.69) is 29.1 Å². The molecule has 5 nitrogen and oxygen atoms in total. The largest absolute Gasteiger partial charge is 0.341 e. The van der Waals surface area contributed by atoms with Crippen molar-refractivity contribution >= 4 is 17.3 Å². The summed E-state index contributed by atoms with van der Waals surface area (Å²) in [4.78, 5) is 16.5. The number of aryl methyl sites for hydroxylation is 2. The summed E-state index contributed by atoms with van der Waals surface area (Å²) in [6.45, 7) is 5.93. The Morgan fingerprint density at radius 2 is 1.82 bits per heavy atom. The first-order valence-electron chi connectivity index (χ1n) is 13.9. The molecule has 0 unspecified atom stereocenters. The predicted octanol–water partition coefficient (Wildman–Crippen LogP) is 7.26. The smallest absolute Gasteiger partial charge is 0.264 e. The number of halogens is 2. The summed E-state index contributed by atoms with van der Waals surface area (Å²) in [7, 11) is 1.80. The molecule has 200 valence electrons. The number of amides is 1. The Morgan fingerprint density at radius 1 is 1.03 bits per heavy atom. The fraction of sp³-hybridized carbons (Fsp3) is 0.484. The molecular weight excluding hydrogens is 482 g/mol. The summed E-state index contributed by atoms with van der Waals surface area (Å²) in [5.74, 6) is 1.35. The lowest BCUT2D eigenvalue weighted by Crippen LogP contribution is -2.27. The van der Waals surface area contributed by atoms with E-state index in [-0.39, 0.29) is 11.5 Å². The summed E-state index contributed by atoms with van der Waals surface area (Å²) in [6.07, 6.45) is 7.49. The molecule has 38 heavy (non-hydrogen) atoms. The number of fused-ring (bicyclic) bond motifs is 2. The lowest BCUT2D eigenvalue weighted by atomic mass is 9.78. The Labute approximate surface area is 223 Å². The maximum absolute atomic E-state index is 14.4. The maximum atomic E-state index is 14.4. The first-order valence-corrected chi connectivity index (χ1v) is 13.9. The molecule has 2 aromatic carbocycles. The Kier molecular flexibility index (Phi) is 6.48. The van der Waals surface area contributed by atoms with Gasteiger partial charge < -0.3 is 9.80 Å². The summed E-state index contributed by atoms with van der Waals surface area (Å²) in [5.41, 5.74) is 8.09. The van der Waals surface area contributed by atoms with Crippen LogP contribution in [0.1, 0.15) is 86.1 Å². The lowest BCUT2D eigenvalue weighted by Gasteiger charge is -2.35. The van der Waals surface area contributed by atoms with Gasteiger partial charge in [0, 0.05) is 67.9 Å². The van der Waals surface area contributed by atoms with Gasteiger partial charge in [0.1, 0.15) is 0 Å². The van der Waals surface area contributed by atoms with Gasteiger partial charge in [0.05, 0.1) is 6.20 Å². The molecule has 2 aliphatic heterocycles. The van der Waals surface area contributed by atoms with Crippen LogP contribution in [-0.2, 0) is 31.4 Å². The van der Waals surface area contributed by atoms with Crippen molar-refractivity contribution in [3.05, 3.63) is 64.5 Å². The first-order chi connectivity index (χ1) is 18.3. The fourth-order valence-electron chi connectivity index (χ4n) is 6.70. The molecule has 1 saturated carbocycles. The van der Waals surface area contributed by atoms with Gasteiger partial charge in [0.15, 0.2) is 0 Å². The van der Waals surface area contributed by atoms with Crippen molar-refractivity contribution < 1.29 is 13.6 Å². The minimum Gasteiger partial charge on any atom is -0.341 e. The van der Waals surface area contributed by atoms with Gasteiger partial charge in [-0.25, -0.2) is 8.78 Å². The number of hydrogen-bond donors (Lipinski definition) is 0. The van der Waals surface area contributed by atoms with Gasteiger partial charge in [-0.05, 0) is 78.0 Å².